The lowest BCUT2D eigenvalue weighted by molar-refractivity contribution is 0.143. The molecule has 1 fully saturated rings. The molecule has 6 heteroatoms. The highest BCUT2D eigenvalue weighted by Gasteiger charge is 2.31. The second-order valence-electron chi connectivity index (χ2n) is 3.70. The molecule has 1 aliphatic heterocycles. The lowest BCUT2D eigenvalue weighted by Gasteiger charge is -2.12. The molecule has 1 saturated heterocycles. The predicted molar refractivity (Wildman–Crippen MR) is 68.8 cm³/mol. The maximum Gasteiger partial charge on any atom is 0.414 e. The first-order chi connectivity index (χ1) is 8.16. The van der Waals surface area contributed by atoms with Gasteiger partial charge in [0, 0.05) is 5.69 Å². The zero-order valence-electron chi connectivity index (χ0n) is 9.13. The van der Waals surface area contributed by atoms with Crippen molar-refractivity contribution >= 4 is 29.1 Å². The number of cyclic esters (lactones) is 1. The lowest BCUT2D eigenvalue weighted by atomic mass is 10.3. The third-order valence-electron chi connectivity index (χ3n) is 2.45. The van der Waals surface area contributed by atoms with Crippen molar-refractivity contribution in [2.75, 3.05) is 18.0 Å². The zero-order valence-corrected chi connectivity index (χ0v) is 9.94. The van der Waals surface area contributed by atoms with Crippen LogP contribution in [0.4, 0.5) is 10.5 Å². The summed E-state index contributed by atoms with van der Waals surface area (Å²) in [4.78, 5) is 13.2. The number of hydrogen-bond donors (Lipinski definition) is 2. The van der Waals surface area contributed by atoms with Crippen molar-refractivity contribution in [2.45, 2.75) is 6.10 Å². The maximum absolute atomic E-state index is 11.6. The van der Waals surface area contributed by atoms with Gasteiger partial charge in [0.15, 0.2) is 5.11 Å². The van der Waals surface area contributed by atoms with E-state index in [4.69, 9.17) is 22.7 Å². The molecule has 2 rings (SSSR count). The molecule has 5 nitrogen and oxygen atoms in total. The van der Waals surface area contributed by atoms with Gasteiger partial charge in [-0.05, 0) is 24.4 Å². The molecule has 0 radical (unpaired) electrons. The Hall–Kier alpha value is -1.82. The number of carbonyl (C=O) groups is 1. The third-order valence-corrected chi connectivity index (χ3v) is 2.59. The number of rotatable bonds is 3. The molecule has 0 bridgehead atoms. The van der Waals surface area contributed by atoms with Crippen molar-refractivity contribution < 1.29 is 9.53 Å². The molecule has 0 aliphatic carbocycles. The van der Waals surface area contributed by atoms with Crippen LogP contribution in [0.1, 0.15) is 0 Å². The van der Waals surface area contributed by atoms with Crippen molar-refractivity contribution in [3.05, 3.63) is 30.3 Å². The van der Waals surface area contributed by atoms with E-state index in [9.17, 15) is 4.79 Å². The first kappa shape index (κ1) is 11.7. The van der Waals surface area contributed by atoms with E-state index in [1.807, 2.05) is 30.3 Å². The Kier molecular flexibility index (Phi) is 3.43. The molecule has 90 valence electrons. The van der Waals surface area contributed by atoms with Gasteiger partial charge in [-0.15, -0.1) is 0 Å². The minimum Gasteiger partial charge on any atom is -0.442 e. The molecule has 3 N–H and O–H groups in total. The number of ether oxygens (including phenoxy) is 1. The largest absolute Gasteiger partial charge is 0.442 e. The Morgan fingerprint density at radius 3 is 2.88 bits per heavy atom. The topological polar surface area (TPSA) is 67.6 Å². The molecule has 1 amide bonds. The van der Waals surface area contributed by atoms with Crippen LogP contribution in [0.15, 0.2) is 30.3 Å². The summed E-state index contributed by atoms with van der Waals surface area (Å²) >= 11 is 4.70. The zero-order chi connectivity index (χ0) is 12.3. The number of anilines is 1. The molecule has 1 aromatic rings. The number of para-hydroxylation sites is 1. The highest BCUT2D eigenvalue weighted by molar-refractivity contribution is 7.80. The SMILES string of the molecule is NC(=S)NCC1CN(c2ccccc2)C(=O)O1. The Morgan fingerprint density at radius 1 is 1.53 bits per heavy atom. The fraction of sp³-hybridized carbons (Fsp3) is 0.273. The molecule has 0 saturated carbocycles. The number of carbonyl (C=O) groups excluding carboxylic acids is 1. The fourth-order valence-electron chi connectivity index (χ4n) is 1.66. The van der Waals surface area contributed by atoms with E-state index in [1.54, 1.807) is 4.90 Å². The number of amides is 1. The standard InChI is InChI=1S/C11H13N3O2S/c12-10(17)13-6-9-7-14(11(15)16-9)8-4-2-1-3-5-8/h1-5,9H,6-7H2,(H3,12,13,17). The van der Waals surface area contributed by atoms with E-state index >= 15 is 0 Å². The van der Waals surface area contributed by atoms with Crippen LogP contribution in [0.3, 0.4) is 0 Å². The number of thiocarbonyl (C=S) groups is 1. The average Bonchev–Trinajstić information content (AvgIpc) is 2.69. The normalized spacial score (nSPS) is 18.9. The Balaban J connectivity index is 1.98. The highest BCUT2D eigenvalue weighted by Crippen LogP contribution is 2.20. The molecule has 1 unspecified atom stereocenters. The summed E-state index contributed by atoms with van der Waals surface area (Å²) in [6, 6.07) is 9.39. The quantitative estimate of drug-likeness (QED) is 0.779. The average molecular weight is 251 g/mol. The minimum absolute atomic E-state index is 0.208. The summed E-state index contributed by atoms with van der Waals surface area (Å²) < 4.78 is 5.19. The summed E-state index contributed by atoms with van der Waals surface area (Å²) in [5.74, 6) is 0. The molecular formula is C11H13N3O2S. The van der Waals surface area contributed by atoms with Crippen molar-refractivity contribution in [2.24, 2.45) is 5.73 Å². The Morgan fingerprint density at radius 2 is 2.24 bits per heavy atom. The van der Waals surface area contributed by atoms with Gasteiger partial charge in [-0.1, -0.05) is 18.2 Å². The molecule has 1 atom stereocenters. The van der Waals surface area contributed by atoms with Crippen LogP contribution in [0.5, 0.6) is 0 Å². The number of hydrogen-bond acceptors (Lipinski definition) is 3. The fourth-order valence-corrected chi connectivity index (χ4v) is 1.74. The number of benzene rings is 1. The summed E-state index contributed by atoms with van der Waals surface area (Å²) in [6.45, 7) is 0.933. The van der Waals surface area contributed by atoms with E-state index < -0.39 is 0 Å². The molecule has 0 spiro atoms. The van der Waals surface area contributed by atoms with Gasteiger partial charge in [0.25, 0.3) is 0 Å². The first-order valence-electron chi connectivity index (χ1n) is 5.23. The summed E-state index contributed by atoms with van der Waals surface area (Å²) in [5, 5.41) is 2.99. The van der Waals surface area contributed by atoms with Gasteiger partial charge in [-0.2, -0.15) is 0 Å². The molecule has 1 aromatic carbocycles. The Bertz CT molecular complexity index is 424. The van der Waals surface area contributed by atoms with Crippen LogP contribution in [0.2, 0.25) is 0 Å². The van der Waals surface area contributed by atoms with Crippen LogP contribution < -0.4 is 16.0 Å². The third kappa shape index (κ3) is 2.85. The summed E-state index contributed by atoms with van der Waals surface area (Å²) in [7, 11) is 0. The molecule has 0 aromatic heterocycles. The van der Waals surface area contributed by atoms with Crippen LogP contribution >= 0.6 is 12.2 Å². The van der Waals surface area contributed by atoms with Gasteiger partial charge in [0.05, 0.1) is 13.1 Å². The van der Waals surface area contributed by atoms with E-state index in [-0.39, 0.29) is 17.3 Å². The van der Waals surface area contributed by atoms with E-state index in [0.29, 0.717) is 13.1 Å². The van der Waals surface area contributed by atoms with Gasteiger partial charge in [-0.25, -0.2) is 4.79 Å². The van der Waals surface area contributed by atoms with E-state index in [0.717, 1.165) is 5.69 Å². The smallest absolute Gasteiger partial charge is 0.414 e. The van der Waals surface area contributed by atoms with Crippen LogP contribution in [-0.2, 0) is 4.74 Å². The summed E-state index contributed by atoms with van der Waals surface area (Å²) in [5.41, 5.74) is 6.15. The second-order valence-corrected chi connectivity index (χ2v) is 4.14. The monoisotopic (exact) mass is 251 g/mol. The van der Waals surface area contributed by atoms with E-state index in [2.05, 4.69) is 5.32 Å². The second kappa shape index (κ2) is 5.01. The van der Waals surface area contributed by atoms with Crippen molar-refractivity contribution in [3.63, 3.8) is 0 Å². The molecule has 17 heavy (non-hydrogen) atoms. The van der Waals surface area contributed by atoms with Gasteiger partial charge in [0.2, 0.25) is 0 Å². The van der Waals surface area contributed by atoms with Gasteiger partial charge in [0.1, 0.15) is 6.10 Å². The van der Waals surface area contributed by atoms with Gasteiger partial charge < -0.3 is 15.8 Å². The van der Waals surface area contributed by atoms with Crippen molar-refractivity contribution in [1.82, 2.24) is 5.32 Å². The first-order valence-corrected chi connectivity index (χ1v) is 5.64. The van der Waals surface area contributed by atoms with Crippen molar-refractivity contribution in [1.29, 1.82) is 0 Å². The van der Waals surface area contributed by atoms with Crippen LogP contribution in [0.25, 0.3) is 0 Å². The van der Waals surface area contributed by atoms with Crippen LogP contribution in [0, 0.1) is 0 Å². The number of nitrogens with two attached hydrogens (primary N) is 1. The van der Waals surface area contributed by atoms with E-state index in [1.165, 1.54) is 0 Å². The van der Waals surface area contributed by atoms with Gasteiger partial charge >= 0.3 is 6.09 Å². The van der Waals surface area contributed by atoms with Crippen LogP contribution in [-0.4, -0.2) is 30.4 Å². The number of nitrogens with zero attached hydrogens (tertiary/aromatic N) is 1. The maximum atomic E-state index is 11.6. The predicted octanol–water partition coefficient (Wildman–Crippen LogP) is 0.845. The van der Waals surface area contributed by atoms with Crippen molar-refractivity contribution in [3.8, 4) is 0 Å². The molecule has 1 heterocycles. The number of nitrogens with one attached hydrogen (secondary N) is 1. The molecule has 1 aliphatic rings. The lowest BCUT2D eigenvalue weighted by Crippen LogP contribution is -2.37. The Labute approximate surface area is 105 Å². The van der Waals surface area contributed by atoms with Gasteiger partial charge in [-0.3, -0.25) is 4.90 Å². The molecular weight excluding hydrogens is 238 g/mol. The minimum atomic E-state index is -0.342. The summed E-state index contributed by atoms with van der Waals surface area (Å²) in [6.07, 6.45) is -0.574. The highest BCUT2D eigenvalue weighted by atomic mass is 32.1.